The number of hydrogen-bond acceptors (Lipinski definition) is 1. The van der Waals surface area contributed by atoms with E-state index in [0.29, 0.717) is 5.92 Å². The Morgan fingerprint density at radius 3 is 2.33 bits per heavy atom. The Balaban J connectivity index is 1.74. The van der Waals surface area contributed by atoms with Crippen LogP contribution in [0.1, 0.15) is 80.9 Å². The molecule has 1 aliphatic rings. The van der Waals surface area contributed by atoms with E-state index in [9.17, 15) is 13.2 Å². The van der Waals surface area contributed by atoms with E-state index < -0.39 is 6.36 Å². The van der Waals surface area contributed by atoms with Crippen LogP contribution in [0.4, 0.5) is 13.2 Å². The summed E-state index contributed by atoms with van der Waals surface area (Å²) in [5.74, 6) is 6.61. The van der Waals surface area contributed by atoms with E-state index in [4.69, 9.17) is 0 Å². The molecule has 0 N–H and O–H groups in total. The first-order valence-electron chi connectivity index (χ1n) is 10.9. The smallest absolute Gasteiger partial charge is 0.404 e. The van der Waals surface area contributed by atoms with Crippen LogP contribution in [0.3, 0.4) is 0 Å². The molecule has 2 aromatic carbocycles. The Kier molecular flexibility index (Phi) is 7.85. The highest BCUT2D eigenvalue weighted by atomic mass is 19.4. The molecule has 2 aromatic rings. The average Bonchev–Trinajstić information content (AvgIpc) is 2.73. The molecule has 0 radical (unpaired) electrons. The molecule has 0 aromatic heterocycles. The molecule has 1 aliphatic carbocycles. The summed E-state index contributed by atoms with van der Waals surface area (Å²) < 4.78 is 43.3. The first-order chi connectivity index (χ1) is 14.4. The first-order valence-corrected chi connectivity index (χ1v) is 10.9. The number of benzene rings is 2. The van der Waals surface area contributed by atoms with Crippen molar-refractivity contribution in [2.24, 2.45) is 5.92 Å². The molecule has 0 spiro atoms. The minimum atomic E-state index is -4.74. The summed E-state index contributed by atoms with van der Waals surface area (Å²) in [7, 11) is 0. The molecule has 3 rings (SSSR count). The van der Waals surface area contributed by atoms with E-state index in [0.717, 1.165) is 42.7 Å². The fourth-order valence-electron chi connectivity index (χ4n) is 4.23. The van der Waals surface area contributed by atoms with E-state index in [2.05, 4.69) is 23.5 Å². The molecule has 1 saturated carbocycles. The minimum Gasteiger partial charge on any atom is -0.404 e. The number of alkyl halides is 3. The molecule has 1 fully saturated rings. The fourth-order valence-corrected chi connectivity index (χ4v) is 4.23. The van der Waals surface area contributed by atoms with Crippen LogP contribution >= 0.6 is 0 Å². The second kappa shape index (κ2) is 10.6. The number of rotatable bonds is 6. The van der Waals surface area contributed by atoms with Gasteiger partial charge in [0, 0.05) is 5.56 Å². The van der Waals surface area contributed by atoms with Crippen molar-refractivity contribution in [3.8, 4) is 17.6 Å². The minimum absolute atomic E-state index is 0.200. The van der Waals surface area contributed by atoms with Crippen molar-refractivity contribution in [1.82, 2.24) is 0 Å². The van der Waals surface area contributed by atoms with Crippen LogP contribution in [-0.4, -0.2) is 6.36 Å². The summed E-state index contributed by atoms with van der Waals surface area (Å²) in [5, 5.41) is 0. The van der Waals surface area contributed by atoms with E-state index in [1.807, 2.05) is 36.4 Å². The summed E-state index contributed by atoms with van der Waals surface area (Å²) >= 11 is 0. The summed E-state index contributed by atoms with van der Waals surface area (Å²) in [4.78, 5) is 0. The predicted octanol–water partition coefficient (Wildman–Crippen LogP) is 7.84. The number of hydrogen-bond donors (Lipinski definition) is 0. The van der Waals surface area contributed by atoms with Gasteiger partial charge < -0.3 is 4.74 Å². The van der Waals surface area contributed by atoms with Crippen LogP contribution in [-0.2, 0) is 0 Å². The second-order valence-electron chi connectivity index (χ2n) is 8.13. The lowest BCUT2D eigenvalue weighted by Crippen LogP contribution is -2.18. The molecule has 1 nitrogen and oxygen atoms in total. The van der Waals surface area contributed by atoms with E-state index in [1.54, 1.807) is 12.1 Å². The average molecular weight is 415 g/mol. The van der Waals surface area contributed by atoms with Crippen molar-refractivity contribution in [1.29, 1.82) is 0 Å². The van der Waals surface area contributed by atoms with Crippen molar-refractivity contribution >= 4 is 0 Å². The van der Waals surface area contributed by atoms with Crippen molar-refractivity contribution in [3.05, 3.63) is 65.2 Å². The maximum absolute atomic E-state index is 13.0. The van der Waals surface area contributed by atoms with Gasteiger partial charge in [-0.15, -0.1) is 13.2 Å². The lowest BCUT2D eigenvalue weighted by atomic mass is 9.77. The number of unbranched alkanes of at least 4 members (excludes halogenated alkanes) is 2. The van der Waals surface area contributed by atoms with Gasteiger partial charge in [-0.1, -0.05) is 68.7 Å². The summed E-state index contributed by atoms with van der Waals surface area (Å²) in [6, 6.07) is 14.3. The lowest BCUT2D eigenvalue weighted by molar-refractivity contribution is -0.274. The Labute approximate surface area is 177 Å². The molecule has 0 amide bonds. The summed E-state index contributed by atoms with van der Waals surface area (Å²) in [6.45, 7) is 2.21. The van der Waals surface area contributed by atoms with Gasteiger partial charge in [0.2, 0.25) is 0 Å². The molecule has 4 heteroatoms. The van der Waals surface area contributed by atoms with Crippen LogP contribution in [0.15, 0.2) is 48.5 Å². The van der Waals surface area contributed by atoms with Gasteiger partial charge >= 0.3 is 6.36 Å². The van der Waals surface area contributed by atoms with Gasteiger partial charge in [-0.2, -0.15) is 0 Å². The quantitative estimate of drug-likeness (QED) is 0.346. The van der Waals surface area contributed by atoms with Gasteiger partial charge in [0.15, 0.2) is 0 Å². The van der Waals surface area contributed by atoms with Gasteiger partial charge in [-0.3, -0.25) is 0 Å². The molecule has 160 valence electrons. The van der Waals surface area contributed by atoms with Gasteiger partial charge in [0.1, 0.15) is 5.75 Å². The number of halogens is 3. The molecule has 0 aliphatic heterocycles. The van der Waals surface area contributed by atoms with Crippen LogP contribution in [0.25, 0.3) is 0 Å². The van der Waals surface area contributed by atoms with E-state index >= 15 is 0 Å². The second-order valence-corrected chi connectivity index (χ2v) is 8.13. The molecule has 0 heterocycles. The molecule has 0 bridgehead atoms. The Morgan fingerprint density at radius 1 is 0.933 bits per heavy atom. The SMILES string of the molecule is CCCCCC1CCC(c2ccc(C#Cc3ccccc3)c(OC(F)(F)F)c2)CC1. The van der Waals surface area contributed by atoms with Gasteiger partial charge in [0.05, 0.1) is 5.56 Å². The highest BCUT2D eigenvalue weighted by Crippen LogP contribution is 2.39. The van der Waals surface area contributed by atoms with Crippen molar-refractivity contribution in [2.75, 3.05) is 0 Å². The summed E-state index contributed by atoms with van der Waals surface area (Å²) in [6.07, 6.45) is 4.69. The lowest BCUT2D eigenvalue weighted by Gasteiger charge is -2.29. The third-order valence-corrected chi connectivity index (χ3v) is 5.88. The van der Waals surface area contributed by atoms with Crippen LogP contribution in [0, 0.1) is 17.8 Å². The molecule has 0 atom stereocenters. The van der Waals surface area contributed by atoms with Crippen LogP contribution in [0.5, 0.6) is 5.75 Å². The Bertz CT molecular complexity index is 853. The third kappa shape index (κ3) is 6.83. The molecular weight excluding hydrogens is 385 g/mol. The topological polar surface area (TPSA) is 9.23 Å². The zero-order valence-corrected chi connectivity index (χ0v) is 17.5. The Hall–Kier alpha value is -2.41. The molecular formula is C26H29F3O. The normalized spacial score (nSPS) is 19.1. The standard InChI is InChI=1S/C26H29F3O/c1-2-3-5-8-21-11-14-22(15-12-21)24-18-17-23(25(19-24)30-26(27,28)29)16-13-20-9-6-4-7-10-20/h4,6-7,9-10,17-19,21-22H,2-3,5,8,11-12,14-15H2,1H3. The molecule has 30 heavy (non-hydrogen) atoms. The highest BCUT2D eigenvalue weighted by molar-refractivity contribution is 5.51. The van der Waals surface area contributed by atoms with Crippen molar-refractivity contribution < 1.29 is 17.9 Å². The maximum Gasteiger partial charge on any atom is 0.573 e. The highest BCUT2D eigenvalue weighted by Gasteiger charge is 2.32. The number of ether oxygens (including phenoxy) is 1. The maximum atomic E-state index is 13.0. The molecule has 0 saturated heterocycles. The third-order valence-electron chi connectivity index (χ3n) is 5.88. The van der Waals surface area contributed by atoms with Crippen LogP contribution in [0.2, 0.25) is 0 Å². The van der Waals surface area contributed by atoms with Gasteiger partial charge in [-0.05, 0) is 67.3 Å². The molecule has 0 unspecified atom stereocenters. The zero-order chi connectivity index (χ0) is 21.4. The van der Waals surface area contributed by atoms with Gasteiger partial charge in [0.25, 0.3) is 0 Å². The fraction of sp³-hybridized carbons (Fsp3) is 0.462. The monoisotopic (exact) mass is 414 g/mol. The predicted molar refractivity (Wildman–Crippen MR) is 114 cm³/mol. The van der Waals surface area contributed by atoms with Crippen molar-refractivity contribution in [3.63, 3.8) is 0 Å². The Morgan fingerprint density at radius 2 is 1.67 bits per heavy atom. The van der Waals surface area contributed by atoms with Crippen LogP contribution < -0.4 is 4.74 Å². The largest absolute Gasteiger partial charge is 0.573 e. The van der Waals surface area contributed by atoms with E-state index in [-0.39, 0.29) is 11.3 Å². The first kappa shape index (κ1) is 22.3. The van der Waals surface area contributed by atoms with E-state index in [1.165, 1.54) is 25.7 Å². The zero-order valence-electron chi connectivity index (χ0n) is 17.5. The van der Waals surface area contributed by atoms with Gasteiger partial charge in [-0.25, -0.2) is 0 Å². The van der Waals surface area contributed by atoms with Crippen molar-refractivity contribution in [2.45, 2.75) is 70.6 Å². The summed E-state index contributed by atoms with van der Waals surface area (Å²) in [5.41, 5.74) is 1.93.